The molecule has 0 heterocycles. The van der Waals surface area contributed by atoms with Gasteiger partial charge in [-0.2, -0.15) is 0 Å². The van der Waals surface area contributed by atoms with Gasteiger partial charge in [0.1, 0.15) is 11.4 Å². The number of ether oxygens (including phenoxy) is 1. The molecule has 1 N–H and O–H groups in total. The quantitative estimate of drug-likeness (QED) is 0.793. The average Bonchev–Trinajstić information content (AvgIpc) is 2.93. The maximum absolute atomic E-state index is 11.7. The highest BCUT2D eigenvalue weighted by Gasteiger charge is 2.23. The molecule has 18 heavy (non-hydrogen) atoms. The van der Waals surface area contributed by atoms with Crippen molar-refractivity contribution in [3.8, 4) is 0 Å². The van der Waals surface area contributed by atoms with Gasteiger partial charge in [-0.15, -0.1) is 0 Å². The van der Waals surface area contributed by atoms with Crippen molar-refractivity contribution in [1.82, 2.24) is 5.32 Å². The van der Waals surface area contributed by atoms with Crippen LogP contribution in [-0.2, 0) is 9.53 Å². The Kier molecular flexibility index (Phi) is 5.17. The summed E-state index contributed by atoms with van der Waals surface area (Å²) in [6.07, 6.45) is 4.15. The van der Waals surface area contributed by atoms with Crippen molar-refractivity contribution < 1.29 is 14.3 Å². The Morgan fingerprint density at radius 1 is 1.33 bits per heavy atom. The Hall–Kier alpha value is -1.06. The van der Waals surface area contributed by atoms with Crippen LogP contribution in [0.15, 0.2) is 0 Å². The molecule has 0 bridgehead atoms. The largest absolute Gasteiger partial charge is 0.444 e. The summed E-state index contributed by atoms with van der Waals surface area (Å²) in [5, 5.41) is 2.69. The fraction of sp³-hybridized carbons (Fsp3) is 0.857. The number of alkyl carbamates (subject to hydrolysis) is 1. The molecule has 4 heteroatoms. The Balaban J connectivity index is 2.16. The van der Waals surface area contributed by atoms with Crippen LogP contribution in [0.1, 0.15) is 59.8 Å². The lowest BCUT2D eigenvalue weighted by molar-refractivity contribution is -0.119. The van der Waals surface area contributed by atoms with Crippen LogP contribution in [0.25, 0.3) is 0 Å². The van der Waals surface area contributed by atoms with Crippen LogP contribution in [0.4, 0.5) is 4.79 Å². The molecule has 0 saturated heterocycles. The molecule has 1 rings (SSSR count). The molecular formula is C14H25NO3. The Morgan fingerprint density at radius 2 is 1.94 bits per heavy atom. The van der Waals surface area contributed by atoms with Crippen molar-refractivity contribution >= 4 is 11.9 Å². The standard InChI is InChI=1S/C14H25NO3/c1-10(15-13(17)18-14(2,3)4)9-12(16)8-7-11-5-6-11/h10-11H,5-9H2,1-4H3,(H,15,17). The van der Waals surface area contributed by atoms with Crippen LogP contribution in [0, 0.1) is 5.92 Å². The zero-order valence-corrected chi connectivity index (χ0v) is 11.9. The number of carbonyl (C=O) groups is 2. The third-order valence-electron chi connectivity index (χ3n) is 2.83. The molecule has 0 aromatic heterocycles. The minimum Gasteiger partial charge on any atom is -0.444 e. The smallest absolute Gasteiger partial charge is 0.407 e. The predicted molar refractivity (Wildman–Crippen MR) is 70.4 cm³/mol. The van der Waals surface area contributed by atoms with Crippen LogP contribution in [0.2, 0.25) is 0 Å². The van der Waals surface area contributed by atoms with Gasteiger partial charge in [-0.25, -0.2) is 4.79 Å². The van der Waals surface area contributed by atoms with Gasteiger partial charge in [0.2, 0.25) is 0 Å². The third-order valence-corrected chi connectivity index (χ3v) is 2.83. The first kappa shape index (κ1) is 15.0. The van der Waals surface area contributed by atoms with Gasteiger partial charge in [-0.3, -0.25) is 4.79 Å². The van der Waals surface area contributed by atoms with E-state index in [4.69, 9.17) is 4.74 Å². The number of nitrogens with one attached hydrogen (secondary N) is 1. The summed E-state index contributed by atoms with van der Waals surface area (Å²) >= 11 is 0. The van der Waals surface area contributed by atoms with E-state index < -0.39 is 11.7 Å². The van der Waals surface area contributed by atoms with Crippen LogP contribution >= 0.6 is 0 Å². The zero-order chi connectivity index (χ0) is 13.8. The van der Waals surface area contributed by atoms with Gasteiger partial charge in [0.25, 0.3) is 0 Å². The van der Waals surface area contributed by atoms with Crippen molar-refractivity contribution in [3.05, 3.63) is 0 Å². The minimum absolute atomic E-state index is 0.161. The molecular weight excluding hydrogens is 230 g/mol. The van der Waals surface area contributed by atoms with Crippen molar-refractivity contribution in [3.63, 3.8) is 0 Å². The van der Waals surface area contributed by atoms with Gasteiger partial charge in [0.15, 0.2) is 0 Å². The molecule has 1 amide bonds. The monoisotopic (exact) mass is 255 g/mol. The van der Waals surface area contributed by atoms with Crippen LogP contribution in [0.5, 0.6) is 0 Å². The summed E-state index contributed by atoms with van der Waals surface area (Å²) in [5.74, 6) is 1.01. The Labute approximate surface area is 109 Å². The SMILES string of the molecule is CC(CC(=O)CCC1CC1)NC(=O)OC(C)(C)C. The van der Waals surface area contributed by atoms with Gasteiger partial charge in [0, 0.05) is 18.9 Å². The molecule has 0 aromatic rings. The van der Waals surface area contributed by atoms with E-state index in [2.05, 4.69) is 5.32 Å². The van der Waals surface area contributed by atoms with E-state index in [-0.39, 0.29) is 11.8 Å². The van der Waals surface area contributed by atoms with Crippen LogP contribution in [-0.4, -0.2) is 23.5 Å². The molecule has 4 nitrogen and oxygen atoms in total. The first-order valence-electron chi connectivity index (χ1n) is 6.77. The number of amides is 1. The fourth-order valence-electron chi connectivity index (χ4n) is 1.77. The van der Waals surface area contributed by atoms with Crippen LogP contribution in [0.3, 0.4) is 0 Å². The zero-order valence-electron chi connectivity index (χ0n) is 11.9. The predicted octanol–water partition coefficient (Wildman–Crippen LogP) is 3.05. The second-order valence-electron chi connectivity index (χ2n) is 6.27. The first-order valence-corrected chi connectivity index (χ1v) is 6.77. The summed E-state index contributed by atoms with van der Waals surface area (Å²) in [4.78, 5) is 23.1. The molecule has 0 aliphatic heterocycles. The highest BCUT2D eigenvalue weighted by Crippen LogP contribution is 2.33. The van der Waals surface area contributed by atoms with E-state index in [1.807, 2.05) is 27.7 Å². The van der Waals surface area contributed by atoms with Gasteiger partial charge in [-0.1, -0.05) is 12.8 Å². The second kappa shape index (κ2) is 6.21. The molecule has 1 unspecified atom stereocenters. The summed E-state index contributed by atoms with van der Waals surface area (Å²) in [6.45, 7) is 7.28. The van der Waals surface area contributed by atoms with Crippen molar-refractivity contribution in [2.45, 2.75) is 71.4 Å². The molecule has 1 aliphatic carbocycles. The topological polar surface area (TPSA) is 55.4 Å². The molecule has 1 aliphatic rings. The molecule has 1 atom stereocenters. The third kappa shape index (κ3) is 7.30. The maximum atomic E-state index is 11.7. The van der Waals surface area contributed by atoms with Gasteiger partial charge in [0.05, 0.1) is 0 Å². The molecule has 104 valence electrons. The van der Waals surface area contributed by atoms with E-state index in [0.717, 1.165) is 12.3 Å². The fourth-order valence-corrected chi connectivity index (χ4v) is 1.77. The number of carbonyl (C=O) groups excluding carboxylic acids is 2. The summed E-state index contributed by atoms with van der Waals surface area (Å²) in [6, 6.07) is -0.161. The van der Waals surface area contributed by atoms with Gasteiger partial charge < -0.3 is 10.1 Å². The highest BCUT2D eigenvalue weighted by atomic mass is 16.6. The summed E-state index contributed by atoms with van der Waals surface area (Å²) in [7, 11) is 0. The van der Waals surface area contributed by atoms with Gasteiger partial charge >= 0.3 is 6.09 Å². The molecule has 0 aromatic carbocycles. The van der Waals surface area contributed by atoms with Crippen LogP contribution < -0.4 is 5.32 Å². The number of hydrogen-bond acceptors (Lipinski definition) is 3. The lowest BCUT2D eigenvalue weighted by atomic mass is 10.1. The normalized spacial score (nSPS) is 17.1. The van der Waals surface area contributed by atoms with Gasteiger partial charge in [-0.05, 0) is 40.0 Å². The first-order chi connectivity index (χ1) is 8.26. The molecule has 0 radical (unpaired) electrons. The Bertz CT molecular complexity index is 303. The average molecular weight is 255 g/mol. The van der Waals surface area contributed by atoms with E-state index in [0.29, 0.717) is 12.8 Å². The number of Topliss-reactive ketones (excluding diaryl/α,β-unsaturated/α-hetero) is 1. The van der Waals surface area contributed by atoms with E-state index >= 15 is 0 Å². The van der Waals surface area contributed by atoms with Crippen molar-refractivity contribution in [2.24, 2.45) is 5.92 Å². The molecule has 1 saturated carbocycles. The molecule has 0 spiro atoms. The summed E-state index contributed by atoms with van der Waals surface area (Å²) in [5.41, 5.74) is -0.500. The lowest BCUT2D eigenvalue weighted by Gasteiger charge is -2.21. The minimum atomic E-state index is -0.500. The van der Waals surface area contributed by atoms with E-state index in [9.17, 15) is 9.59 Å². The number of ketones is 1. The van der Waals surface area contributed by atoms with Crippen molar-refractivity contribution in [2.75, 3.05) is 0 Å². The second-order valence-corrected chi connectivity index (χ2v) is 6.27. The number of rotatable bonds is 6. The van der Waals surface area contributed by atoms with E-state index in [1.54, 1.807) is 0 Å². The summed E-state index contributed by atoms with van der Waals surface area (Å²) < 4.78 is 5.14. The Morgan fingerprint density at radius 3 is 2.44 bits per heavy atom. The van der Waals surface area contributed by atoms with Crippen molar-refractivity contribution in [1.29, 1.82) is 0 Å². The number of hydrogen-bond donors (Lipinski definition) is 1. The maximum Gasteiger partial charge on any atom is 0.407 e. The highest BCUT2D eigenvalue weighted by molar-refractivity contribution is 5.79. The lowest BCUT2D eigenvalue weighted by Crippen LogP contribution is -2.38. The molecule has 1 fully saturated rings. The van der Waals surface area contributed by atoms with E-state index in [1.165, 1.54) is 12.8 Å².